The molecule has 1 aliphatic rings. The minimum atomic E-state index is -1.23. The number of amides is 7. The summed E-state index contributed by atoms with van der Waals surface area (Å²) >= 11 is 6.19. The Morgan fingerprint density at radius 3 is 2.20 bits per heavy atom. The van der Waals surface area contributed by atoms with Crippen LogP contribution in [0, 0.1) is 17.8 Å². The quantitative estimate of drug-likeness (QED) is 0.119. The molecule has 2 heterocycles. The Morgan fingerprint density at radius 2 is 1.56 bits per heavy atom. The number of hydrogen-bond donors (Lipinski definition) is 9. The first-order valence-electron chi connectivity index (χ1n) is 22.1. The Bertz CT molecular complexity index is 2110. The van der Waals surface area contributed by atoms with Gasteiger partial charge < -0.3 is 52.0 Å². The number of fused-ring (bicyclic) bond motifs is 1. The number of H-pyrrole nitrogens is 1. The van der Waals surface area contributed by atoms with E-state index >= 15 is 0 Å². The van der Waals surface area contributed by atoms with Crippen molar-refractivity contribution in [3.05, 3.63) is 64.8 Å². The molecule has 8 atom stereocenters. The number of carbonyl (C=O) groups excluding carboxylic acids is 6. The molecule has 64 heavy (non-hydrogen) atoms. The van der Waals surface area contributed by atoms with E-state index in [-0.39, 0.29) is 48.9 Å². The fourth-order valence-electron chi connectivity index (χ4n) is 7.71. The number of rotatable bonds is 13. The van der Waals surface area contributed by atoms with Crippen molar-refractivity contribution in [1.29, 1.82) is 0 Å². The number of hydrogen-bond acceptors (Lipinski definition) is 8. The summed E-state index contributed by atoms with van der Waals surface area (Å²) in [4.78, 5) is 101. The van der Waals surface area contributed by atoms with Crippen LogP contribution in [0.2, 0.25) is 5.02 Å². The summed E-state index contributed by atoms with van der Waals surface area (Å²) in [6.45, 7) is 11.0. The number of aromatic amines is 1. The Morgan fingerprint density at radius 1 is 0.875 bits per heavy atom. The van der Waals surface area contributed by atoms with Gasteiger partial charge in [-0.15, -0.1) is 0 Å². The second-order valence-electron chi connectivity index (χ2n) is 17.3. The van der Waals surface area contributed by atoms with E-state index in [0.29, 0.717) is 42.1 Å². The number of nitrogens with zero attached hydrogens (tertiary/aromatic N) is 1. The number of phenols is 1. The third-order valence-electron chi connectivity index (χ3n) is 12.0. The first-order valence-corrected chi connectivity index (χ1v) is 22.5. The third kappa shape index (κ3) is 13.8. The minimum Gasteiger partial charge on any atom is -0.506 e. The van der Waals surface area contributed by atoms with Crippen LogP contribution in [0.4, 0.5) is 4.79 Å². The van der Waals surface area contributed by atoms with E-state index in [1.807, 2.05) is 51.1 Å². The molecule has 4 rings (SSSR count). The van der Waals surface area contributed by atoms with Gasteiger partial charge in [-0.2, -0.15) is 0 Å². The first-order chi connectivity index (χ1) is 30.3. The molecule has 1 aliphatic heterocycles. The van der Waals surface area contributed by atoms with Crippen LogP contribution in [0.1, 0.15) is 91.2 Å². The summed E-state index contributed by atoms with van der Waals surface area (Å²) in [5, 5.41) is 37.5. The van der Waals surface area contributed by atoms with E-state index in [9.17, 15) is 43.8 Å². The van der Waals surface area contributed by atoms with E-state index in [4.69, 9.17) is 11.6 Å². The average molecular weight is 910 g/mol. The summed E-state index contributed by atoms with van der Waals surface area (Å²) < 4.78 is 0. The molecular formula is C46H65ClN8O9. The lowest BCUT2D eigenvalue weighted by atomic mass is 9.95. The summed E-state index contributed by atoms with van der Waals surface area (Å²) in [6, 6.07) is 4.17. The standard InChI is InChI=1S/C46H65ClN8O9/c1-8-26(5)38-43(60)51-35(19-25(3)4)44(61)55(7)36(21-29-24-49-33-23-31(47)37(56)22-30(29)33)42(59)50-34(20-28-15-11-10-12-16-28)40(57)48-18-14-13-17-32(41(58)53-38)52-46(64)54-39(45(62)63)27(6)9-2/h10-12,15-16,22-27,32,34-36,38-39,49,56H,8-9,13-14,17-21H2,1-7H3,(H,48,57)(H,50,59)(H,51,60)(H,53,58)(H,62,63)(H2,52,54,64). The van der Waals surface area contributed by atoms with Crippen LogP contribution in [0.25, 0.3) is 10.9 Å². The molecule has 9 N–H and O–H groups in total. The SMILES string of the molecule is CCC(C)C(NC(=O)NC1CCCCNC(=O)C(Cc2ccccc2)NC(=O)C(Cc2c[nH]c3cc(Cl)c(O)cc23)N(C)C(=O)C(CC(C)C)NC(=O)C(C(C)CC)NC1=O)C(=O)O. The minimum absolute atomic E-state index is 0.0603. The molecule has 0 aliphatic carbocycles. The maximum Gasteiger partial charge on any atom is 0.326 e. The van der Waals surface area contributed by atoms with Gasteiger partial charge in [-0.1, -0.05) is 96.3 Å². The third-order valence-corrected chi connectivity index (χ3v) is 12.3. The molecular weight excluding hydrogens is 844 g/mol. The number of halogens is 1. The topological polar surface area (TPSA) is 251 Å². The molecule has 18 heteroatoms. The van der Waals surface area contributed by atoms with Crippen LogP contribution in [0.3, 0.4) is 0 Å². The summed E-state index contributed by atoms with van der Waals surface area (Å²) in [6.07, 6.45) is 3.51. The van der Waals surface area contributed by atoms with Gasteiger partial charge in [0.15, 0.2) is 0 Å². The van der Waals surface area contributed by atoms with Crippen molar-refractivity contribution in [2.24, 2.45) is 17.8 Å². The van der Waals surface area contributed by atoms with Gasteiger partial charge in [-0.25, -0.2) is 9.59 Å². The van der Waals surface area contributed by atoms with Crippen molar-refractivity contribution in [2.75, 3.05) is 13.6 Å². The van der Waals surface area contributed by atoms with Gasteiger partial charge in [0.05, 0.1) is 5.02 Å². The number of carbonyl (C=O) groups is 7. The lowest BCUT2D eigenvalue weighted by Crippen LogP contribution is -2.61. The second-order valence-corrected chi connectivity index (χ2v) is 17.7. The molecule has 350 valence electrons. The molecule has 3 aromatic rings. The highest BCUT2D eigenvalue weighted by Gasteiger charge is 2.38. The lowest BCUT2D eigenvalue weighted by Gasteiger charge is -2.33. The number of likely N-dealkylation sites (N-methyl/N-ethyl adjacent to an activating group) is 1. The zero-order valence-electron chi connectivity index (χ0n) is 37.8. The first kappa shape index (κ1) is 50.8. The van der Waals surface area contributed by atoms with Crippen molar-refractivity contribution in [3.63, 3.8) is 0 Å². The maximum atomic E-state index is 14.7. The summed E-state index contributed by atoms with van der Waals surface area (Å²) in [7, 11) is 1.45. The van der Waals surface area contributed by atoms with Gasteiger partial charge in [-0.05, 0) is 66.7 Å². The molecule has 0 spiro atoms. The molecule has 8 unspecified atom stereocenters. The molecule has 0 radical (unpaired) electrons. The van der Waals surface area contributed by atoms with Gasteiger partial charge >= 0.3 is 12.0 Å². The lowest BCUT2D eigenvalue weighted by molar-refractivity contribution is -0.143. The fourth-order valence-corrected chi connectivity index (χ4v) is 7.87. The number of benzene rings is 2. The maximum absolute atomic E-state index is 14.7. The highest BCUT2D eigenvalue weighted by molar-refractivity contribution is 6.32. The van der Waals surface area contributed by atoms with Gasteiger partial charge in [0.25, 0.3) is 0 Å². The molecule has 7 amide bonds. The van der Waals surface area contributed by atoms with Crippen molar-refractivity contribution in [2.45, 2.75) is 129 Å². The van der Waals surface area contributed by atoms with Crippen molar-refractivity contribution < 1.29 is 43.8 Å². The Balaban J connectivity index is 1.77. The molecule has 0 bridgehead atoms. The summed E-state index contributed by atoms with van der Waals surface area (Å²) in [5.41, 5.74) is 1.92. The number of urea groups is 1. The second kappa shape index (κ2) is 23.7. The number of phenolic OH excluding ortho intramolecular Hbond substituents is 1. The largest absolute Gasteiger partial charge is 0.506 e. The molecule has 17 nitrogen and oxygen atoms in total. The van der Waals surface area contributed by atoms with Crippen LogP contribution in [0.5, 0.6) is 5.75 Å². The number of aliphatic carboxylic acids is 1. The predicted octanol–water partition coefficient (Wildman–Crippen LogP) is 4.15. The Kier molecular flexibility index (Phi) is 18.8. The summed E-state index contributed by atoms with van der Waals surface area (Å²) in [5.74, 6) is -5.46. The van der Waals surface area contributed by atoms with Gasteiger partial charge in [0.1, 0.15) is 42.0 Å². The van der Waals surface area contributed by atoms with Crippen LogP contribution in [-0.2, 0) is 41.6 Å². The zero-order valence-corrected chi connectivity index (χ0v) is 38.5. The van der Waals surface area contributed by atoms with Crippen molar-refractivity contribution >= 4 is 64.0 Å². The van der Waals surface area contributed by atoms with Crippen LogP contribution >= 0.6 is 11.6 Å². The van der Waals surface area contributed by atoms with Gasteiger partial charge in [0.2, 0.25) is 29.5 Å². The number of carboxylic acid groups (broad SMARTS) is 1. The zero-order chi connectivity index (χ0) is 47.2. The Labute approximate surface area is 379 Å². The number of aromatic hydroxyl groups is 1. The molecule has 1 fully saturated rings. The van der Waals surface area contributed by atoms with E-state index < -0.39 is 89.6 Å². The molecule has 0 saturated carbocycles. The normalized spacial score (nSPS) is 22.5. The average Bonchev–Trinajstić information content (AvgIpc) is 3.64. The molecule has 2 aromatic carbocycles. The highest BCUT2D eigenvalue weighted by atomic mass is 35.5. The monoisotopic (exact) mass is 908 g/mol. The van der Waals surface area contributed by atoms with Crippen LogP contribution < -0.4 is 31.9 Å². The van der Waals surface area contributed by atoms with E-state index in [2.05, 4.69) is 36.9 Å². The van der Waals surface area contributed by atoms with Crippen molar-refractivity contribution in [1.82, 2.24) is 41.8 Å². The van der Waals surface area contributed by atoms with Gasteiger partial charge in [0, 0.05) is 43.5 Å². The fraction of sp³-hybridized carbons (Fsp3) is 0.543. The van der Waals surface area contributed by atoms with E-state index in [1.165, 1.54) is 18.0 Å². The predicted molar refractivity (Wildman–Crippen MR) is 243 cm³/mol. The van der Waals surface area contributed by atoms with Crippen LogP contribution in [-0.4, -0.2) is 111 Å². The highest BCUT2D eigenvalue weighted by Crippen LogP contribution is 2.31. The molecule has 1 saturated heterocycles. The van der Waals surface area contributed by atoms with E-state index in [0.717, 1.165) is 5.56 Å². The van der Waals surface area contributed by atoms with E-state index in [1.54, 1.807) is 33.0 Å². The Hall–Kier alpha value is -5.84. The van der Waals surface area contributed by atoms with Crippen LogP contribution in [0.15, 0.2) is 48.7 Å². The number of carboxylic acids is 1. The molecule has 1 aromatic heterocycles. The van der Waals surface area contributed by atoms with Crippen molar-refractivity contribution in [3.8, 4) is 5.75 Å². The number of aromatic nitrogens is 1. The number of nitrogens with one attached hydrogen (secondary N) is 7. The van der Waals surface area contributed by atoms with Gasteiger partial charge in [-0.3, -0.25) is 24.0 Å². The smallest absolute Gasteiger partial charge is 0.326 e.